The van der Waals surface area contributed by atoms with Crippen LogP contribution in [0.1, 0.15) is 37.3 Å². The van der Waals surface area contributed by atoms with E-state index in [-0.39, 0.29) is 24.9 Å². The molecule has 0 aromatic heterocycles. The summed E-state index contributed by atoms with van der Waals surface area (Å²) in [5.41, 5.74) is 1.16. The monoisotopic (exact) mass is 279 g/mol. The van der Waals surface area contributed by atoms with Gasteiger partial charge in [-0.15, -0.1) is 0 Å². The van der Waals surface area contributed by atoms with Crippen molar-refractivity contribution in [3.8, 4) is 5.75 Å². The number of hydrogen-bond donors (Lipinski definition) is 2. The van der Waals surface area contributed by atoms with E-state index in [0.29, 0.717) is 0 Å². The van der Waals surface area contributed by atoms with Crippen LogP contribution in [0, 0.1) is 5.92 Å². The van der Waals surface area contributed by atoms with Crippen molar-refractivity contribution in [3.63, 3.8) is 0 Å². The third-order valence-electron chi connectivity index (χ3n) is 4.08. The van der Waals surface area contributed by atoms with E-state index < -0.39 is 0 Å². The minimum Gasteiger partial charge on any atom is -0.468 e. The van der Waals surface area contributed by atoms with Crippen LogP contribution in [0.2, 0.25) is 0 Å². The highest BCUT2D eigenvalue weighted by Gasteiger charge is 2.30. The Morgan fingerprint density at radius 3 is 2.85 bits per heavy atom. The molecule has 1 fully saturated rings. The van der Waals surface area contributed by atoms with Crippen LogP contribution < -0.4 is 10.1 Å². The van der Waals surface area contributed by atoms with Crippen molar-refractivity contribution < 1.29 is 14.6 Å². The van der Waals surface area contributed by atoms with Crippen molar-refractivity contribution in [2.45, 2.75) is 37.8 Å². The molecule has 3 atom stereocenters. The average molecular weight is 279 g/mol. The topological polar surface area (TPSA) is 50.7 Å². The van der Waals surface area contributed by atoms with Crippen molar-refractivity contribution in [3.05, 3.63) is 29.8 Å². The number of ether oxygens (including phenoxy) is 2. The Balaban J connectivity index is 2.13. The molecule has 1 aromatic rings. The summed E-state index contributed by atoms with van der Waals surface area (Å²) in [7, 11) is 3.56. The zero-order chi connectivity index (χ0) is 14.4. The normalized spacial score (nSPS) is 24.4. The first-order chi connectivity index (χ1) is 9.76. The molecule has 1 unspecified atom stereocenters. The SMILES string of the molecule is CNC(c1cccc(OCOC)c1)[C@@H]1CCCC[C@H]1O. The van der Waals surface area contributed by atoms with Gasteiger partial charge in [-0.1, -0.05) is 25.0 Å². The Hall–Kier alpha value is -1.10. The van der Waals surface area contributed by atoms with Crippen molar-refractivity contribution in [1.29, 1.82) is 0 Å². The van der Waals surface area contributed by atoms with Crippen molar-refractivity contribution in [2.75, 3.05) is 21.0 Å². The zero-order valence-corrected chi connectivity index (χ0v) is 12.3. The van der Waals surface area contributed by atoms with Crippen molar-refractivity contribution in [2.24, 2.45) is 5.92 Å². The Morgan fingerprint density at radius 2 is 2.15 bits per heavy atom. The molecule has 1 saturated carbocycles. The summed E-state index contributed by atoms with van der Waals surface area (Å²) in [4.78, 5) is 0. The van der Waals surface area contributed by atoms with Gasteiger partial charge in [0.05, 0.1) is 6.10 Å². The Morgan fingerprint density at radius 1 is 1.35 bits per heavy atom. The molecule has 1 aliphatic rings. The lowest BCUT2D eigenvalue weighted by atomic mass is 9.79. The summed E-state index contributed by atoms with van der Waals surface area (Å²) >= 11 is 0. The Kier molecular flexibility index (Phi) is 5.83. The molecule has 4 nitrogen and oxygen atoms in total. The highest BCUT2D eigenvalue weighted by molar-refractivity contribution is 5.31. The second kappa shape index (κ2) is 7.62. The Labute approximate surface area is 121 Å². The van der Waals surface area contributed by atoms with Gasteiger partial charge in [-0.2, -0.15) is 0 Å². The van der Waals surface area contributed by atoms with Crippen LogP contribution >= 0.6 is 0 Å². The molecular weight excluding hydrogens is 254 g/mol. The maximum absolute atomic E-state index is 10.3. The molecule has 0 aliphatic heterocycles. The van der Waals surface area contributed by atoms with Gasteiger partial charge in [-0.3, -0.25) is 0 Å². The second-order valence-corrected chi connectivity index (χ2v) is 5.41. The Bertz CT molecular complexity index is 410. The number of aliphatic hydroxyl groups is 1. The highest BCUT2D eigenvalue weighted by atomic mass is 16.7. The van der Waals surface area contributed by atoms with E-state index in [1.165, 1.54) is 6.42 Å². The van der Waals surface area contributed by atoms with E-state index in [4.69, 9.17) is 9.47 Å². The first kappa shape index (κ1) is 15.3. The number of hydrogen-bond acceptors (Lipinski definition) is 4. The fraction of sp³-hybridized carbons (Fsp3) is 0.625. The molecule has 2 N–H and O–H groups in total. The zero-order valence-electron chi connectivity index (χ0n) is 12.3. The van der Waals surface area contributed by atoms with Crippen LogP contribution in [0.25, 0.3) is 0 Å². The molecule has 0 bridgehead atoms. The van der Waals surface area contributed by atoms with E-state index in [2.05, 4.69) is 11.4 Å². The van der Waals surface area contributed by atoms with E-state index in [0.717, 1.165) is 30.6 Å². The van der Waals surface area contributed by atoms with Gasteiger partial charge in [0, 0.05) is 19.1 Å². The van der Waals surface area contributed by atoms with E-state index in [1.807, 2.05) is 25.2 Å². The predicted molar refractivity (Wildman–Crippen MR) is 78.7 cm³/mol. The van der Waals surface area contributed by atoms with Gasteiger partial charge in [0.25, 0.3) is 0 Å². The lowest BCUT2D eigenvalue weighted by Gasteiger charge is -2.34. The number of methoxy groups -OCH3 is 1. The van der Waals surface area contributed by atoms with Gasteiger partial charge in [-0.25, -0.2) is 0 Å². The van der Waals surface area contributed by atoms with Gasteiger partial charge in [0.1, 0.15) is 5.75 Å². The molecule has 0 radical (unpaired) electrons. The summed E-state index contributed by atoms with van der Waals surface area (Å²) in [6.07, 6.45) is 4.08. The predicted octanol–water partition coefficient (Wildman–Crippen LogP) is 2.48. The molecule has 4 heteroatoms. The molecule has 2 rings (SSSR count). The number of aliphatic hydroxyl groups excluding tert-OH is 1. The second-order valence-electron chi connectivity index (χ2n) is 5.41. The first-order valence-corrected chi connectivity index (χ1v) is 7.33. The lowest BCUT2D eigenvalue weighted by molar-refractivity contribution is 0.0473. The standard InChI is InChI=1S/C16H25NO3/c1-17-16(14-8-3-4-9-15(14)18)12-6-5-7-13(10-12)20-11-19-2/h5-7,10,14-18H,3-4,8-9,11H2,1-2H3/t14-,15-,16?/m1/s1. The minimum atomic E-state index is -0.218. The van der Waals surface area contributed by atoms with Crippen molar-refractivity contribution in [1.82, 2.24) is 5.32 Å². The molecule has 20 heavy (non-hydrogen) atoms. The van der Waals surface area contributed by atoms with Crippen LogP contribution in [0.15, 0.2) is 24.3 Å². The molecule has 1 aliphatic carbocycles. The van der Waals surface area contributed by atoms with Gasteiger partial charge in [-0.05, 0) is 37.6 Å². The molecule has 1 aromatic carbocycles. The van der Waals surface area contributed by atoms with E-state index in [1.54, 1.807) is 7.11 Å². The number of rotatable bonds is 6. The van der Waals surface area contributed by atoms with Gasteiger partial charge >= 0.3 is 0 Å². The van der Waals surface area contributed by atoms with Crippen LogP contribution in [-0.4, -0.2) is 32.2 Å². The molecule has 112 valence electrons. The molecule has 0 heterocycles. The van der Waals surface area contributed by atoms with Gasteiger partial charge < -0.3 is 19.9 Å². The minimum absolute atomic E-state index is 0.163. The molecule has 0 saturated heterocycles. The fourth-order valence-corrected chi connectivity index (χ4v) is 3.08. The summed E-state index contributed by atoms with van der Waals surface area (Å²) in [5, 5.41) is 13.6. The van der Waals surface area contributed by atoms with Crippen molar-refractivity contribution >= 4 is 0 Å². The van der Waals surface area contributed by atoms with Crippen LogP contribution in [-0.2, 0) is 4.74 Å². The summed E-state index contributed by atoms with van der Waals surface area (Å²) in [5.74, 6) is 1.07. The maximum Gasteiger partial charge on any atom is 0.188 e. The maximum atomic E-state index is 10.3. The first-order valence-electron chi connectivity index (χ1n) is 7.33. The van der Waals surface area contributed by atoms with Crippen LogP contribution in [0.3, 0.4) is 0 Å². The molecule has 0 spiro atoms. The van der Waals surface area contributed by atoms with E-state index in [9.17, 15) is 5.11 Å². The van der Waals surface area contributed by atoms with Crippen LogP contribution in [0.5, 0.6) is 5.75 Å². The highest BCUT2D eigenvalue weighted by Crippen LogP contribution is 2.35. The number of benzene rings is 1. The average Bonchev–Trinajstić information content (AvgIpc) is 2.48. The lowest BCUT2D eigenvalue weighted by Crippen LogP contribution is -2.35. The summed E-state index contributed by atoms with van der Waals surface area (Å²) < 4.78 is 10.4. The smallest absolute Gasteiger partial charge is 0.188 e. The molecule has 0 amide bonds. The third kappa shape index (κ3) is 3.72. The summed E-state index contributed by atoms with van der Waals surface area (Å²) in [6, 6.07) is 8.19. The van der Waals surface area contributed by atoms with Gasteiger partial charge in [0.2, 0.25) is 0 Å². The third-order valence-corrected chi connectivity index (χ3v) is 4.08. The van der Waals surface area contributed by atoms with Crippen LogP contribution in [0.4, 0.5) is 0 Å². The number of nitrogens with one attached hydrogen (secondary N) is 1. The quantitative estimate of drug-likeness (QED) is 0.786. The van der Waals surface area contributed by atoms with Gasteiger partial charge in [0.15, 0.2) is 6.79 Å². The van der Waals surface area contributed by atoms with E-state index >= 15 is 0 Å². The fourth-order valence-electron chi connectivity index (χ4n) is 3.08. The molecular formula is C16H25NO3. The largest absolute Gasteiger partial charge is 0.468 e. The summed E-state index contributed by atoms with van der Waals surface area (Å²) in [6.45, 7) is 0.250.